The van der Waals surface area contributed by atoms with Gasteiger partial charge in [0.1, 0.15) is 0 Å². The molecule has 0 saturated heterocycles. The Labute approximate surface area is 104 Å². The first-order valence-corrected chi connectivity index (χ1v) is 7.54. The van der Waals surface area contributed by atoms with E-state index in [0.717, 1.165) is 0 Å². The Hall–Kier alpha value is -0.990. The van der Waals surface area contributed by atoms with Crippen LogP contribution in [0, 0.1) is 0 Å². The molecule has 0 fully saturated rings. The largest absolute Gasteiger partial charge is 0.384 e. The van der Waals surface area contributed by atoms with Gasteiger partial charge >= 0.3 is 0 Å². The fourth-order valence-electron chi connectivity index (χ4n) is 1.09. The molecule has 0 radical (unpaired) electrons. The van der Waals surface area contributed by atoms with Crippen LogP contribution in [0.15, 0.2) is 5.38 Å². The molecule has 0 aliphatic rings. The van der Waals surface area contributed by atoms with Crippen LogP contribution >= 0.6 is 11.3 Å². The van der Waals surface area contributed by atoms with Gasteiger partial charge in [0.2, 0.25) is 5.91 Å². The van der Waals surface area contributed by atoms with Crippen molar-refractivity contribution in [3.05, 3.63) is 11.1 Å². The predicted molar refractivity (Wildman–Crippen MR) is 65.8 cm³/mol. The average molecular weight is 278 g/mol. The summed E-state index contributed by atoms with van der Waals surface area (Å²) in [7, 11) is -1.75. The zero-order valence-electron chi connectivity index (χ0n) is 9.60. The number of amides is 1. The second kappa shape index (κ2) is 6.08. The van der Waals surface area contributed by atoms with Gasteiger partial charge in [-0.25, -0.2) is 13.4 Å². The number of sulfone groups is 1. The SMILES string of the molecule is COCCS(=O)(=O)Cc1csc(NC(C)=O)n1. The molecular formula is C9H14N2O4S2. The van der Waals surface area contributed by atoms with Crippen LogP contribution in [0.5, 0.6) is 0 Å². The first-order valence-electron chi connectivity index (χ1n) is 4.84. The minimum absolute atomic E-state index is 0.0313. The number of rotatable bonds is 6. The fourth-order valence-corrected chi connectivity index (χ4v) is 3.11. The summed E-state index contributed by atoms with van der Waals surface area (Å²) >= 11 is 1.20. The van der Waals surface area contributed by atoms with E-state index in [2.05, 4.69) is 10.3 Å². The summed E-state index contributed by atoms with van der Waals surface area (Å²) < 4.78 is 27.9. The number of nitrogens with zero attached hydrogens (tertiary/aromatic N) is 1. The molecule has 17 heavy (non-hydrogen) atoms. The van der Waals surface area contributed by atoms with Gasteiger partial charge in [-0.05, 0) is 0 Å². The van der Waals surface area contributed by atoms with E-state index < -0.39 is 9.84 Å². The van der Waals surface area contributed by atoms with Crippen molar-refractivity contribution in [1.82, 2.24) is 4.98 Å². The van der Waals surface area contributed by atoms with E-state index in [9.17, 15) is 13.2 Å². The lowest BCUT2D eigenvalue weighted by Gasteiger charge is -2.00. The van der Waals surface area contributed by atoms with Crippen molar-refractivity contribution in [2.45, 2.75) is 12.7 Å². The zero-order chi connectivity index (χ0) is 12.9. The molecule has 0 atom stereocenters. The molecule has 0 aliphatic heterocycles. The standard InChI is InChI=1S/C9H14N2O4S2/c1-7(12)10-9-11-8(5-16-9)6-17(13,14)4-3-15-2/h5H,3-4,6H2,1-2H3,(H,10,11,12). The molecule has 1 aromatic heterocycles. The van der Waals surface area contributed by atoms with Crippen LogP contribution in [0.3, 0.4) is 0 Å². The van der Waals surface area contributed by atoms with Gasteiger partial charge in [0, 0.05) is 19.4 Å². The van der Waals surface area contributed by atoms with Gasteiger partial charge in [-0.3, -0.25) is 4.79 Å². The van der Waals surface area contributed by atoms with E-state index in [1.54, 1.807) is 5.38 Å². The Kier molecular flexibility index (Phi) is 5.03. The third-order valence-electron chi connectivity index (χ3n) is 1.80. The summed E-state index contributed by atoms with van der Waals surface area (Å²) in [5.41, 5.74) is 0.440. The van der Waals surface area contributed by atoms with Crippen LogP contribution in [0.25, 0.3) is 0 Å². The van der Waals surface area contributed by atoms with E-state index in [4.69, 9.17) is 4.74 Å². The minimum atomic E-state index is -3.21. The summed E-state index contributed by atoms with van der Waals surface area (Å²) in [6, 6.07) is 0. The van der Waals surface area contributed by atoms with Gasteiger partial charge in [0.15, 0.2) is 15.0 Å². The highest BCUT2D eigenvalue weighted by atomic mass is 32.2. The van der Waals surface area contributed by atoms with Gasteiger partial charge in [0.25, 0.3) is 0 Å². The molecular weight excluding hydrogens is 264 g/mol. The quantitative estimate of drug-likeness (QED) is 0.826. The molecule has 0 bridgehead atoms. The summed E-state index contributed by atoms with van der Waals surface area (Å²) in [6.07, 6.45) is 0. The molecule has 0 saturated carbocycles. The van der Waals surface area contributed by atoms with Gasteiger partial charge in [0.05, 0.1) is 23.8 Å². The van der Waals surface area contributed by atoms with Crippen LogP contribution in [0.1, 0.15) is 12.6 Å². The molecule has 1 heterocycles. The van der Waals surface area contributed by atoms with Crippen molar-refractivity contribution in [2.24, 2.45) is 0 Å². The van der Waals surface area contributed by atoms with Gasteiger partial charge in [-0.1, -0.05) is 0 Å². The Bertz CT molecular complexity index is 481. The van der Waals surface area contributed by atoms with Gasteiger partial charge < -0.3 is 10.1 Å². The number of nitrogens with one attached hydrogen (secondary N) is 1. The first-order chi connectivity index (χ1) is 7.93. The van der Waals surface area contributed by atoms with Gasteiger partial charge in [-0.2, -0.15) is 0 Å². The van der Waals surface area contributed by atoms with Crippen molar-refractivity contribution in [3.8, 4) is 0 Å². The molecule has 1 N–H and O–H groups in total. The van der Waals surface area contributed by atoms with E-state index in [0.29, 0.717) is 10.8 Å². The number of hydrogen-bond acceptors (Lipinski definition) is 6. The number of carbonyl (C=O) groups excluding carboxylic acids is 1. The van der Waals surface area contributed by atoms with E-state index >= 15 is 0 Å². The van der Waals surface area contributed by atoms with Crippen LogP contribution in [0.4, 0.5) is 5.13 Å². The van der Waals surface area contributed by atoms with Crippen molar-refractivity contribution in [1.29, 1.82) is 0 Å². The predicted octanol–water partition coefficient (Wildman–Crippen LogP) is 0.663. The maximum absolute atomic E-state index is 11.6. The van der Waals surface area contributed by atoms with Gasteiger partial charge in [-0.15, -0.1) is 11.3 Å². The topological polar surface area (TPSA) is 85.4 Å². The summed E-state index contributed by atoms with van der Waals surface area (Å²) in [4.78, 5) is 14.8. The zero-order valence-corrected chi connectivity index (χ0v) is 11.2. The normalized spacial score (nSPS) is 11.4. The molecule has 1 rings (SSSR count). The highest BCUT2D eigenvalue weighted by Crippen LogP contribution is 2.17. The second-order valence-electron chi connectivity index (χ2n) is 3.41. The van der Waals surface area contributed by atoms with Crippen molar-refractivity contribution < 1.29 is 17.9 Å². The van der Waals surface area contributed by atoms with Crippen molar-refractivity contribution in [3.63, 3.8) is 0 Å². The summed E-state index contributed by atoms with van der Waals surface area (Å²) in [5.74, 6) is -0.392. The molecule has 1 aromatic rings. The van der Waals surface area contributed by atoms with E-state index in [-0.39, 0.29) is 24.0 Å². The Balaban J connectivity index is 2.62. The second-order valence-corrected chi connectivity index (χ2v) is 6.45. The van der Waals surface area contributed by atoms with E-state index in [1.807, 2.05) is 0 Å². The Morgan fingerprint density at radius 1 is 1.59 bits per heavy atom. The molecule has 8 heteroatoms. The smallest absolute Gasteiger partial charge is 0.223 e. The third-order valence-corrected chi connectivity index (χ3v) is 4.13. The highest BCUT2D eigenvalue weighted by Gasteiger charge is 2.14. The fraction of sp³-hybridized carbons (Fsp3) is 0.556. The number of ether oxygens (including phenoxy) is 1. The van der Waals surface area contributed by atoms with Crippen LogP contribution in [-0.4, -0.2) is 38.8 Å². The van der Waals surface area contributed by atoms with Crippen molar-refractivity contribution >= 4 is 32.2 Å². The Morgan fingerprint density at radius 3 is 2.88 bits per heavy atom. The number of hydrogen-bond donors (Lipinski definition) is 1. The molecule has 6 nitrogen and oxygen atoms in total. The van der Waals surface area contributed by atoms with Crippen LogP contribution in [-0.2, 0) is 25.1 Å². The maximum atomic E-state index is 11.6. The highest BCUT2D eigenvalue weighted by molar-refractivity contribution is 7.90. The number of thiazole rings is 1. The number of anilines is 1. The molecule has 96 valence electrons. The van der Waals surface area contributed by atoms with Crippen LogP contribution < -0.4 is 5.32 Å². The molecule has 0 aromatic carbocycles. The van der Waals surface area contributed by atoms with Crippen LogP contribution in [0.2, 0.25) is 0 Å². The molecule has 0 unspecified atom stereocenters. The monoisotopic (exact) mass is 278 g/mol. The number of methoxy groups -OCH3 is 1. The summed E-state index contributed by atoms with van der Waals surface area (Å²) in [6.45, 7) is 1.54. The first kappa shape index (κ1) is 14.1. The third kappa shape index (κ3) is 5.24. The summed E-state index contributed by atoms with van der Waals surface area (Å²) in [5, 5.41) is 4.54. The maximum Gasteiger partial charge on any atom is 0.223 e. The molecule has 0 spiro atoms. The number of aromatic nitrogens is 1. The lowest BCUT2D eigenvalue weighted by molar-refractivity contribution is -0.114. The average Bonchev–Trinajstić information content (AvgIpc) is 2.60. The lowest BCUT2D eigenvalue weighted by atomic mass is 10.6. The van der Waals surface area contributed by atoms with Crippen molar-refractivity contribution in [2.75, 3.05) is 24.8 Å². The molecule has 0 aliphatic carbocycles. The lowest BCUT2D eigenvalue weighted by Crippen LogP contribution is -2.13. The number of carbonyl (C=O) groups is 1. The molecule has 1 amide bonds. The Morgan fingerprint density at radius 2 is 2.29 bits per heavy atom. The van der Waals surface area contributed by atoms with E-state index in [1.165, 1.54) is 25.4 Å². The minimum Gasteiger partial charge on any atom is -0.384 e.